The number of hydrogen-bond donors (Lipinski definition) is 2. The summed E-state index contributed by atoms with van der Waals surface area (Å²) in [5, 5.41) is 0. The molecule has 1 aromatic rings. The highest BCUT2D eigenvalue weighted by Crippen LogP contribution is 1.93. The van der Waals surface area contributed by atoms with Crippen LogP contribution in [-0.4, -0.2) is 29.2 Å². The lowest BCUT2D eigenvalue weighted by Gasteiger charge is -1.82. The molecule has 6 heteroatoms. The summed E-state index contributed by atoms with van der Waals surface area (Å²) in [7, 11) is -3.67. The Morgan fingerprint density at radius 3 is 2.23 bits per heavy atom. The van der Waals surface area contributed by atoms with E-state index in [1.54, 1.807) is 0 Å². The molecule has 0 bridgehead atoms. The summed E-state index contributed by atoms with van der Waals surface area (Å²) < 4.78 is 25.9. The molecule has 0 atom stereocenters. The van der Waals surface area contributed by atoms with Gasteiger partial charge in [0, 0.05) is 18.3 Å². The Morgan fingerprint density at radius 1 is 1.62 bits per heavy atom. The maximum Gasteiger partial charge on any atom is 0.261 e. The fraction of sp³-hybridized carbons (Fsp3) is 0.571. The van der Waals surface area contributed by atoms with E-state index in [1.165, 1.54) is 0 Å². The van der Waals surface area contributed by atoms with Gasteiger partial charge in [-0.3, -0.25) is 4.55 Å². The largest absolute Gasteiger partial charge is 0.346 e. The van der Waals surface area contributed by atoms with Crippen molar-refractivity contribution in [1.29, 1.82) is 0 Å². The Bertz CT molecular complexity index is 334. The van der Waals surface area contributed by atoms with E-state index in [9.17, 15) is 8.42 Å². The maximum absolute atomic E-state index is 9.19. The van der Waals surface area contributed by atoms with Crippen LogP contribution < -0.4 is 0 Å². The van der Waals surface area contributed by atoms with E-state index in [4.69, 9.17) is 4.55 Å². The second-order valence-electron chi connectivity index (χ2n) is 2.60. The van der Waals surface area contributed by atoms with Gasteiger partial charge in [-0.1, -0.05) is 6.92 Å². The van der Waals surface area contributed by atoms with Crippen LogP contribution in [0, 0.1) is 6.92 Å². The van der Waals surface area contributed by atoms with Gasteiger partial charge in [0.05, 0.1) is 6.26 Å². The Labute approximate surface area is 78.0 Å². The molecule has 1 aromatic heterocycles. The zero-order valence-electron chi connectivity index (χ0n) is 7.90. The fourth-order valence-electron chi connectivity index (χ4n) is 0.647. The highest BCUT2D eigenvalue weighted by molar-refractivity contribution is 7.85. The monoisotopic (exact) mass is 206 g/mol. The molecule has 0 aromatic carbocycles. The molecule has 0 aliphatic carbocycles. The average molecular weight is 206 g/mol. The number of imidazole rings is 1. The van der Waals surface area contributed by atoms with Gasteiger partial charge in [-0.25, -0.2) is 4.98 Å². The molecule has 0 aliphatic heterocycles. The van der Waals surface area contributed by atoms with Crippen molar-refractivity contribution in [2.24, 2.45) is 0 Å². The van der Waals surface area contributed by atoms with Gasteiger partial charge >= 0.3 is 0 Å². The van der Waals surface area contributed by atoms with Crippen molar-refractivity contribution in [1.82, 2.24) is 9.97 Å². The molecule has 0 spiro atoms. The van der Waals surface area contributed by atoms with Crippen molar-refractivity contribution in [3.05, 3.63) is 17.7 Å². The molecule has 0 aliphatic rings. The summed E-state index contributed by atoms with van der Waals surface area (Å²) >= 11 is 0. The van der Waals surface area contributed by atoms with E-state index in [0.717, 1.165) is 17.9 Å². The summed E-state index contributed by atoms with van der Waals surface area (Å²) in [5.41, 5.74) is 1.14. The van der Waals surface area contributed by atoms with Gasteiger partial charge < -0.3 is 4.98 Å². The molecule has 5 nitrogen and oxygen atoms in total. The van der Waals surface area contributed by atoms with Gasteiger partial charge in [-0.15, -0.1) is 0 Å². The first-order chi connectivity index (χ1) is 5.83. The Kier molecular flexibility index (Phi) is 4.64. The second-order valence-corrected chi connectivity index (χ2v) is 4.07. The lowest BCUT2D eigenvalue weighted by Crippen LogP contribution is -1.88. The number of aryl methyl sites for hydroxylation is 2. The summed E-state index contributed by atoms with van der Waals surface area (Å²) in [6.45, 7) is 4.09. The van der Waals surface area contributed by atoms with E-state index in [-0.39, 0.29) is 0 Å². The fourth-order valence-corrected chi connectivity index (χ4v) is 0.647. The Morgan fingerprint density at radius 2 is 2.08 bits per heavy atom. The van der Waals surface area contributed by atoms with E-state index in [2.05, 4.69) is 16.9 Å². The number of rotatable bonds is 1. The van der Waals surface area contributed by atoms with Gasteiger partial charge in [0.2, 0.25) is 0 Å². The van der Waals surface area contributed by atoms with E-state index in [0.29, 0.717) is 6.26 Å². The van der Waals surface area contributed by atoms with E-state index < -0.39 is 10.1 Å². The van der Waals surface area contributed by atoms with Crippen LogP contribution in [0.3, 0.4) is 0 Å². The van der Waals surface area contributed by atoms with Crippen LogP contribution in [-0.2, 0) is 16.5 Å². The smallest absolute Gasteiger partial charge is 0.261 e. The molecule has 0 amide bonds. The van der Waals surface area contributed by atoms with Gasteiger partial charge in [-0.2, -0.15) is 8.42 Å². The van der Waals surface area contributed by atoms with Gasteiger partial charge in [0.25, 0.3) is 10.1 Å². The SMILES string of the molecule is CCc1ncc(C)[nH]1.CS(=O)(=O)O. The lowest BCUT2D eigenvalue weighted by atomic mass is 10.5. The van der Waals surface area contributed by atoms with E-state index in [1.807, 2.05) is 13.1 Å². The molecular formula is C7H14N2O3S. The molecule has 0 radical (unpaired) electrons. The molecule has 2 N–H and O–H groups in total. The topological polar surface area (TPSA) is 83.0 Å². The normalized spacial score (nSPS) is 10.5. The third kappa shape index (κ3) is 9.03. The Balaban J connectivity index is 0.000000252. The number of aromatic nitrogens is 2. The molecule has 76 valence electrons. The minimum atomic E-state index is -3.67. The van der Waals surface area contributed by atoms with Gasteiger partial charge in [0.15, 0.2) is 0 Å². The first-order valence-corrected chi connectivity index (χ1v) is 5.60. The van der Waals surface area contributed by atoms with Crippen LogP contribution in [0.4, 0.5) is 0 Å². The number of aromatic amines is 1. The standard InChI is InChI=1S/C6H10N2.CH4O3S/c1-3-6-7-4-5(2)8-6;1-5(2,3)4/h4H,3H2,1-2H3,(H,7,8);1H3,(H,2,3,4). The highest BCUT2D eigenvalue weighted by atomic mass is 32.2. The van der Waals surface area contributed by atoms with Crippen LogP contribution in [0.25, 0.3) is 0 Å². The quantitative estimate of drug-likeness (QED) is 0.665. The van der Waals surface area contributed by atoms with Crippen LogP contribution in [0.15, 0.2) is 6.20 Å². The van der Waals surface area contributed by atoms with Crippen molar-refractivity contribution >= 4 is 10.1 Å². The molecular weight excluding hydrogens is 192 g/mol. The zero-order chi connectivity index (χ0) is 10.5. The minimum absolute atomic E-state index is 0.715. The molecule has 0 fully saturated rings. The molecule has 0 saturated carbocycles. The van der Waals surface area contributed by atoms with Crippen LogP contribution >= 0.6 is 0 Å². The summed E-state index contributed by atoms with van der Waals surface area (Å²) in [6.07, 6.45) is 3.56. The molecule has 13 heavy (non-hydrogen) atoms. The maximum atomic E-state index is 9.19. The molecule has 0 unspecified atom stereocenters. The first kappa shape index (κ1) is 12.1. The minimum Gasteiger partial charge on any atom is -0.346 e. The third-order valence-electron chi connectivity index (χ3n) is 1.09. The first-order valence-electron chi connectivity index (χ1n) is 3.76. The van der Waals surface area contributed by atoms with Gasteiger partial charge in [-0.05, 0) is 6.92 Å². The number of H-pyrrole nitrogens is 1. The molecule has 1 heterocycles. The predicted molar refractivity (Wildman–Crippen MR) is 50.2 cm³/mol. The van der Waals surface area contributed by atoms with Crippen LogP contribution in [0.2, 0.25) is 0 Å². The predicted octanol–water partition coefficient (Wildman–Crippen LogP) is 0.785. The summed E-state index contributed by atoms with van der Waals surface area (Å²) in [6, 6.07) is 0. The number of nitrogens with zero attached hydrogens (tertiary/aromatic N) is 1. The number of hydrogen-bond acceptors (Lipinski definition) is 3. The van der Waals surface area contributed by atoms with Gasteiger partial charge in [0.1, 0.15) is 5.82 Å². The highest BCUT2D eigenvalue weighted by Gasteiger charge is 1.89. The lowest BCUT2D eigenvalue weighted by molar-refractivity contribution is 0.490. The van der Waals surface area contributed by atoms with Crippen molar-refractivity contribution in [2.45, 2.75) is 20.3 Å². The third-order valence-corrected chi connectivity index (χ3v) is 1.09. The molecule has 1 rings (SSSR count). The van der Waals surface area contributed by atoms with Crippen molar-refractivity contribution in [2.75, 3.05) is 6.26 Å². The van der Waals surface area contributed by atoms with Crippen molar-refractivity contribution in [3.63, 3.8) is 0 Å². The Hall–Kier alpha value is -0.880. The number of nitrogens with one attached hydrogen (secondary N) is 1. The van der Waals surface area contributed by atoms with Crippen molar-refractivity contribution < 1.29 is 13.0 Å². The zero-order valence-corrected chi connectivity index (χ0v) is 8.72. The summed E-state index contributed by atoms with van der Waals surface area (Å²) in [4.78, 5) is 7.19. The van der Waals surface area contributed by atoms with Crippen molar-refractivity contribution in [3.8, 4) is 0 Å². The van der Waals surface area contributed by atoms with Crippen LogP contribution in [0.5, 0.6) is 0 Å². The van der Waals surface area contributed by atoms with E-state index >= 15 is 0 Å². The summed E-state index contributed by atoms with van der Waals surface area (Å²) in [5.74, 6) is 1.07. The second kappa shape index (κ2) is 4.98. The van der Waals surface area contributed by atoms with Crippen LogP contribution in [0.1, 0.15) is 18.4 Å². The average Bonchev–Trinajstić information content (AvgIpc) is 2.31. The molecule has 0 saturated heterocycles.